The largest absolute Gasteiger partial charge is 0.456 e. The molecule has 1 aromatic rings. The normalized spacial score (nSPS) is 33.9. The van der Waals surface area contributed by atoms with E-state index in [9.17, 15) is 19.2 Å². The maximum Gasteiger partial charge on any atom is 0.329 e. The lowest BCUT2D eigenvalue weighted by molar-refractivity contribution is -0.157. The van der Waals surface area contributed by atoms with Crippen LogP contribution >= 0.6 is 0 Å². The van der Waals surface area contributed by atoms with Crippen molar-refractivity contribution < 1.29 is 23.9 Å². The lowest BCUT2D eigenvalue weighted by Gasteiger charge is -2.37. The zero-order chi connectivity index (χ0) is 21.3. The van der Waals surface area contributed by atoms with Crippen LogP contribution in [0.25, 0.3) is 0 Å². The average molecular weight is 407 g/mol. The van der Waals surface area contributed by atoms with Gasteiger partial charge in [-0.3, -0.25) is 19.3 Å². The second-order valence-corrected chi connectivity index (χ2v) is 9.21. The van der Waals surface area contributed by atoms with Gasteiger partial charge in [-0.25, -0.2) is 4.79 Å². The molecule has 0 radical (unpaired) electrons. The molecule has 1 saturated heterocycles. The monoisotopic (exact) mass is 407 g/mol. The fraction of sp³-hybridized carbons (Fsp3) is 0.500. The molecule has 1 heterocycles. The van der Waals surface area contributed by atoms with E-state index in [2.05, 4.69) is 12.2 Å². The molecule has 4 aliphatic carbocycles. The third-order valence-electron chi connectivity index (χ3n) is 7.60. The molecule has 5 aliphatic rings. The average Bonchev–Trinajstić information content (AvgIpc) is 3.51. The topological polar surface area (TPSA) is 80.8 Å². The molecule has 0 aromatic heterocycles. The van der Waals surface area contributed by atoms with Crippen LogP contribution in [-0.4, -0.2) is 41.1 Å². The molecule has 0 N–H and O–H groups in total. The molecule has 6 rings (SSSR count). The molecule has 30 heavy (non-hydrogen) atoms. The summed E-state index contributed by atoms with van der Waals surface area (Å²) in [4.78, 5) is 52.2. The zero-order valence-electron chi connectivity index (χ0n) is 17.3. The van der Waals surface area contributed by atoms with Crippen LogP contribution in [0, 0.1) is 49.4 Å². The third-order valence-corrected chi connectivity index (χ3v) is 7.60. The van der Waals surface area contributed by atoms with Crippen LogP contribution in [-0.2, 0) is 19.1 Å². The van der Waals surface area contributed by atoms with Gasteiger partial charge < -0.3 is 4.74 Å². The van der Waals surface area contributed by atoms with Crippen molar-refractivity contribution in [1.82, 2.24) is 4.90 Å². The second-order valence-electron chi connectivity index (χ2n) is 9.21. The Kier molecular flexibility index (Phi) is 4.24. The van der Waals surface area contributed by atoms with Gasteiger partial charge in [0.2, 0.25) is 11.8 Å². The lowest BCUT2D eigenvalue weighted by Crippen LogP contribution is -2.45. The van der Waals surface area contributed by atoms with Gasteiger partial charge in [-0.2, -0.15) is 0 Å². The second kappa shape index (κ2) is 6.62. The number of allylic oxidation sites excluding steroid dienone is 2. The van der Waals surface area contributed by atoms with Crippen LogP contribution < -0.4 is 0 Å². The first kappa shape index (κ1) is 19.2. The molecule has 6 nitrogen and oxygen atoms in total. The molecule has 2 amide bonds. The van der Waals surface area contributed by atoms with Gasteiger partial charge in [-0.15, -0.1) is 0 Å². The van der Waals surface area contributed by atoms with Crippen molar-refractivity contribution in [2.45, 2.75) is 33.2 Å². The smallest absolute Gasteiger partial charge is 0.329 e. The van der Waals surface area contributed by atoms with Gasteiger partial charge in [0.1, 0.15) is 6.04 Å². The number of carbonyl (C=O) groups is 4. The first-order chi connectivity index (χ1) is 14.3. The van der Waals surface area contributed by atoms with Crippen molar-refractivity contribution in [3.05, 3.63) is 47.0 Å². The van der Waals surface area contributed by atoms with Crippen molar-refractivity contribution in [3.8, 4) is 0 Å². The Bertz CT molecular complexity index is 975. The number of amides is 2. The molecule has 1 aliphatic heterocycles. The number of ether oxygens (including phenoxy) is 1. The number of carbonyl (C=O) groups excluding carboxylic acids is 4. The number of rotatable bonds is 5. The molecular weight excluding hydrogens is 382 g/mol. The van der Waals surface area contributed by atoms with Crippen LogP contribution in [0.1, 0.15) is 34.8 Å². The molecule has 1 aromatic carbocycles. The van der Waals surface area contributed by atoms with E-state index in [-0.39, 0.29) is 41.3 Å². The Morgan fingerprint density at radius 1 is 1.03 bits per heavy atom. The number of aryl methyl sites for hydroxylation is 2. The van der Waals surface area contributed by atoms with E-state index in [1.54, 1.807) is 12.1 Å². The highest BCUT2D eigenvalue weighted by Crippen LogP contribution is 2.65. The predicted molar refractivity (Wildman–Crippen MR) is 107 cm³/mol. The van der Waals surface area contributed by atoms with E-state index in [0.717, 1.165) is 22.4 Å². The van der Waals surface area contributed by atoms with Crippen molar-refractivity contribution in [2.24, 2.45) is 35.5 Å². The minimum atomic E-state index is -1.03. The SMILES string of the molecule is Cc1ccc(C(=O)COC(=O)[C@@H](C)N2C(=O)[C@@H]3[C@@H]4C=C[C@@H]([C@@H]5C[C@H]45)[C@@H]3C2=O)cc1C. The number of esters is 1. The molecule has 2 bridgehead atoms. The van der Waals surface area contributed by atoms with Crippen LogP contribution in [0.5, 0.6) is 0 Å². The predicted octanol–water partition coefficient (Wildman–Crippen LogP) is 2.47. The summed E-state index contributed by atoms with van der Waals surface area (Å²) in [6.45, 7) is 4.96. The van der Waals surface area contributed by atoms with E-state index < -0.39 is 18.6 Å². The molecule has 3 fully saturated rings. The van der Waals surface area contributed by atoms with Crippen LogP contribution in [0.3, 0.4) is 0 Å². The Morgan fingerprint density at radius 2 is 1.63 bits per heavy atom. The zero-order valence-corrected chi connectivity index (χ0v) is 17.3. The number of hydrogen-bond donors (Lipinski definition) is 0. The standard InChI is InChI=1S/C24H25NO5/c1-11-4-5-14(8-12(11)2)19(26)10-30-24(29)13(3)25-22(27)20-15-6-7-16(18-9-17(15)18)21(20)23(25)28/h4-8,13,15-18,20-21H,9-10H2,1-3H3/t13-,15-,16+,17-,18+,20-,21+/m1/s1. The quantitative estimate of drug-likeness (QED) is 0.324. The minimum absolute atomic E-state index is 0.112. The maximum atomic E-state index is 13.1. The molecule has 0 unspecified atom stereocenters. The van der Waals surface area contributed by atoms with Crippen molar-refractivity contribution in [1.29, 1.82) is 0 Å². The van der Waals surface area contributed by atoms with Gasteiger partial charge in [0.25, 0.3) is 0 Å². The third kappa shape index (κ3) is 2.69. The summed E-state index contributed by atoms with van der Waals surface area (Å²) in [7, 11) is 0. The summed E-state index contributed by atoms with van der Waals surface area (Å²) >= 11 is 0. The van der Waals surface area contributed by atoms with Crippen LogP contribution in [0.4, 0.5) is 0 Å². The lowest BCUT2D eigenvalue weighted by atomic mass is 9.63. The Hall–Kier alpha value is -2.76. The number of benzene rings is 1. The van der Waals surface area contributed by atoms with Crippen molar-refractivity contribution >= 4 is 23.6 Å². The highest BCUT2D eigenvalue weighted by atomic mass is 16.5. The van der Waals surface area contributed by atoms with Gasteiger partial charge in [0.05, 0.1) is 11.8 Å². The summed E-state index contributed by atoms with van der Waals surface area (Å²) in [6, 6.07) is 4.29. The number of ketones is 1. The number of hydrogen-bond acceptors (Lipinski definition) is 5. The van der Waals surface area contributed by atoms with E-state index in [0.29, 0.717) is 17.4 Å². The van der Waals surface area contributed by atoms with Gasteiger partial charge >= 0.3 is 5.97 Å². The summed E-state index contributed by atoms with van der Waals surface area (Å²) in [5.74, 6) is -1.01. The fourth-order valence-corrected chi connectivity index (χ4v) is 5.72. The Balaban J connectivity index is 1.26. The maximum absolute atomic E-state index is 13.1. The van der Waals surface area contributed by atoms with Crippen LogP contribution in [0.2, 0.25) is 0 Å². The highest BCUT2D eigenvalue weighted by Gasteiger charge is 2.67. The number of imide groups is 1. The first-order valence-electron chi connectivity index (χ1n) is 10.6. The summed E-state index contributed by atoms with van der Waals surface area (Å²) in [5.41, 5.74) is 2.53. The van der Waals surface area contributed by atoms with Gasteiger partial charge in [-0.05, 0) is 68.1 Å². The first-order valence-corrected chi connectivity index (χ1v) is 10.6. The van der Waals surface area contributed by atoms with E-state index in [1.807, 2.05) is 19.9 Å². The van der Waals surface area contributed by atoms with Gasteiger partial charge in [0.15, 0.2) is 12.4 Å². The fourth-order valence-electron chi connectivity index (χ4n) is 5.72. The molecule has 2 saturated carbocycles. The Morgan fingerprint density at radius 3 is 2.20 bits per heavy atom. The van der Waals surface area contributed by atoms with Crippen molar-refractivity contribution in [3.63, 3.8) is 0 Å². The van der Waals surface area contributed by atoms with Crippen molar-refractivity contribution in [2.75, 3.05) is 6.61 Å². The summed E-state index contributed by atoms with van der Waals surface area (Å²) in [5, 5.41) is 0. The van der Waals surface area contributed by atoms with E-state index >= 15 is 0 Å². The van der Waals surface area contributed by atoms with Crippen LogP contribution in [0.15, 0.2) is 30.4 Å². The molecule has 7 atom stereocenters. The number of Topliss-reactive ketones (excluding diaryl/α,β-unsaturated/α-hetero) is 1. The number of likely N-dealkylation sites (tertiary alicyclic amines) is 1. The Labute approximate surface area is 175 Å². The van der Waals surface area contributed by atoms with E-state index in [1.165, 1.54) is 6.92 Å². The van der Waals surface area contributed by atoms with Gasteiger partial charge in [0, 0.05) is 5.56 Å². The summed E-state index contributed by atoms with van der Waals surface area (Å²) in [6.07, 6.45) is 5.29. The molecule has 156 valence electrons. The molecule has 0 spiro atoms. The molecule has 6 heteroatoms. The minimum Gasteiger partial charge on any atom is -0.456 e. The summed E-state index contributed by atoms with van der Waals surface area (Å²) < 4.78 is 5.20. The number of nitrogens with zero attached hydrogens (tertiary/aromatic N) is 1. The highest BCUT2D eigenvalue weighted by molar-refractivity contribution is 6.09. The van der Waals surface area contributed by atoms with Gasteiger partial charge in [-0.1, -0.05) is 24.3 Å². The molecular formula is C24H25NO5. The van der Waals surface area contributed by atoms with E-state index in [4.69, 9.17) is 4.74 Å².